The Balaban J connectivity index is 1.47. The molecule has 8 heteroatoms. The molecule has 0 atom stereocenters. The van der Waals surface area contributed by atoms with Crippen molar-refractivity contribution in [2.45, 2.75) is 13.5 Å². The molecule has 26 heavy (non-hydrogen) atoms. The normalized spacial score (nSPS) is 15.7. The zero-order valence-corrected chi connectivity index (χ0v) is 14.8. The van der Waals surface area contributed by atoms with E-state index in [-0.39, 0.29) is 5.91 Å². The van der Waals surface area contributed by atoms with E-state index in [9.17, 15) is 9.59 Å². The monoisotopic (exact) mass is 356 g/mol. The molecule has 1 aliphatic heterocycles. The Morgan fingerprint density at radius 2 is 2.00 bits per heavy atom. The molecule has 0 aliphatic carbocycles. The number of carbonyl (C=O) groups is 1. The van der Waals surface area contributed by atoms with Crippen molar-refractivity contribution in [1.82, 2.24) is 19.5 Å². The van der Waals surface area contributed by atoms with Crippen molar-refractivity contribution in [3.63, 3.8) is 0 Å². The van der Waals surface area contributed by atoms with Crippen LogP contribution in [-0.2, 0) is 13.6 Å². The predicted molar refractivity (Wildman–Crippen MR) is 93.9 cm³/mol. The van der Waals surface area contributed by atoms with E-state index in [1.165, 1.54) is 4.57 Å². The van der Waals surface area contributed by atoms with Crippen molar-refractivity contribution in [2.24, 2.45) is 7.05 Å². The van der Waals surface area contributed by atoms with Crippen LogP contribution in [0.3, 0.4) is 0 Å². The first-order chi connectivity index (χ1) is 12.5. The topological polar surface area (TPSA) is 84.7 Å². The Kier molecular flexibility index (Phi) is 4.12. The Bertz CT molecular complexity index is 1010. The van der Waals surface area contributed by atoms with Gasteiger partial charge < -0.3 is 13.8 Å². The van der Waals surface area contributed by atoms with Gasteiger partial charge in [0.1, 0.15) is 0 Å². The number of aromatic nitrogens is 2. The maximum absolute atomic E-state index is 12.9. The van der Waals surface area contributed by atoms with E-state index in [0.29, 0.717) is 36.3 Å². The van der Waals surface area contributed by atoms with Crippen molar-refractivity contribution in [3.05, 3.63) is 51.8 Å². The van der Waals surface area contributed by atoms with Crippen molar-refractivity contribution in [3.8, 4) is 0 Å². The summed E-state index contributed by atoms with van der Waals surface area (Å²) in [6.45, 7) is 5.30. The summed E-state index contributed by atoms with van der Waals surface area (Å²) >= 11 is 0. The van der Waals surface area contributed by atoms with Gasteiger partial charge in [-0.2, -0.15) is 0 Å². The third kappa shape index (κ3) is 2.92. The summed E-state index contributed by atoms with van der Waals surface area (Å²) in [7, 11) is 1.63. The molecule has 1 amide bonds. The molecular formula is C18H20N4O4. The number of hydrogen-bond acceptors (Lipinski definition) is 6. The molecule has 0 spiro atoms. The number of oxazole rings is 1. The van der Waals surface area contributed by atoms with Crippen LogP contribution in [0.2, 0.25) is 0 Å². The Morgan fingerprint density at radius 1 is 1.23 bits per heavy atom. The Hall–Kier alpha value is -2.87. The molecule has 4 rings (SSSR count). The fourth-order valence-corrected chi connectivity index (χ4v) is 3.31. The van der Waals surface area contributed by atoms with Gasteiger partial charge >= 0.3 is 5.76 Å². The highest BCUT2D eigenvalue weighted by Gasteiger charge is 2.25. The van der Waals surface area contributed by atoms with Crippen LogP contribution in [0.4, 0.5) is 0 Å². The number of nitrogens with zero attached hydrogens (tertiary/aromatic N) is 4. The highest BCUT2D eigenvalue weighted by atomic mass is 16.5. The first-order valence-corrected chi connectivity index (χ1v) is 8.55. The van der Waals surface area contributed by atoms with Crippen LogP contribution in [0, 0.1) is 6.92 Å². The molecule has 3 heterocycles. The second-order valence-electron chi connectivity index (χ2n) is 6.58. The van der Waals surface area contributed by atoms with Crippen LogP contribution in [-0.4, -0.2) is 51.6 Å². The van der Waals surface area contributed by atoms with Gasteiger partial charge in [0, 0.05) is 39.3 Å². The van der Waals surface area contributed by atoms with Gasteiger partial charge in [0.15, 0.2) is 11.3 Å². The van der Waals surface area contributed by atoms with Crippen LogP contribution >= 0.6 is 0 Å². The molecule has 136 valence electrons. The third-order valence-corrected chi connectivity index (χ3v) is 4.76. The number of amides is 1. The quantitative estimate of drug-likeness (QED) is 0.705. The van der Waals surface area contributed by atoms with E-state index >= 15 is 0 Å². The van der Waals surface area contributed by atoms with E-state index in [0.717, 1.165) is 24.5 Å². The molecule has 1 fully saturated rings. The lowest BCUT2D eigenvalue weighted by Crippen LogP contribution is -2.48. The number of para-hydroxylation sites is 1. The van der Waals surface area contributed by atoms with Crippen LogP contribution in [0.25, 0.3) is 11.1 Å². The lowest BCUT2D eigenvalue weighted by Gasteiger charge is -2.34. The summed E-state index contributed by atoms with van der Waals surface area (Å²) in [6.07, 6.45) is 0. The summed E-state index contributed by atoms with van der Waals surface area (Å²) < 4.78 is 11.9. The minimum atomic E-state index is -0.465. The summed E-state index contributed by atoms with van der Waals surface area (Å²) in [5, 5.41) is 3.90. The van der Waals surface area contributed by atoms with E-state index in [4.69, 9.17) is 8.94 Å². The molecule has 0 bridgehead atoms. The zero-order chi connectivity index (χ0) is 18.3. The highest BCUT2D eigenvalue weighted by Crippen LogP contribution is 2.20. The molecule has 0 saturated carbocycles. The summed E-state index contributed by atoms with van der Waals surface area (Å²) in [4.78, 5) is 28.7. The molecule has 0 N–H and O–H groups in total. The second-order valence-corrected chi connectivity index (χ2v) is 6.58. The molecular weight excluding hydrogens is 336 g/mol. The van der Waals surface area contributed by atoms with Gasteiger partial charge in [0.25, 0.3) is 5.91 Å². The summed E-state index contributed by atoms with van der Waals surface area (Å²) in [6, 6.07) is 7.17. The first-order valence-electron chi connectivity index (χ1n) is 8.55. The summed E-state index contributed by atoms with van der Waals surface area (Å²) in [5.41, 5.74) is 2.27. The number of carbonyl (C=O) groups excluding carboxylic acids is 1. The largest absolute Gasteiger partial charge is 0.419 e. The SMILES string of the molecule is Cc1cc(CN2CCN(C(=O)c3cccc4c3oc(=O)n4C)CC2)on1. The molecule has 8 nitrogen and oxygen atoms in total. The number of aryl methyl sites for hydroxylation is 2. The third-order valence-electron chi connectivity index (χ3n) is 4.76. The molecule has 1 saturated heterocycles. The van der Waals surface area contributed by atoms with Crippen molar-refractivity contribution < 1.29 is 13.7 Å². The minimum absolute atomic E-state index is 0.111. The average Bonchev–Trinajstić information content (AvgIpc) is 3.18. The van der Waals surface area contributed by atoms with Crippen LogP contribution < -0.4 is 5.76 Å². The number of benzene rings is 1. The smallest absolute Gasteiger partial charge is 0.407 e. The predicted octanol–water partition coefficient (Wildman–Crippen LogP) is 1.39. The molecule has 3 aromatic rings. The van der Waals surface area contributed by atoms with Gasteiger partial charge in [0.2, 0.25) is 0 Å². The van der Waals surface area contributed by atoms with Crippen molar-refractivity contribution in [1.29, 1.82) is 0 Å². The highest BCUT2D eigenvalue weighted by molar-refractivity contribution is 6.04. The van der Waals surface area contributed by atoms with Crippen molar-refractivity contribution >= 4 is 17.0 Å². The first kappa shape index (κ1) is 16.6. The van der Waals surface area contributed by atoms with Gasteiger partial charge in [-0.1, -0.05) is 11.2 Å². The summed E-state index contributed by atoms with van der Waals surface area (Å²) in [5.74, 6) is 0.255. The van der Waals surface area contributed by atoms with E-state index in [1.54, 1.807) is 30.1 Å². The molecule has 2 aromatic heterocycles. The average molecular weight is 356 g/mol. The standard InChI is InChI=1S/C18H20N4O4/c1-12-10-13(26-19-12)11-21-6-8-22(9-7-21)17(23)14-4-3-5-15-16(14)25-18(24)20(15)2/h3-5,10H,6-9,11H2,1-2H3. The maximum atomic E-state index is 12.9. The number of hydrogen-bond donors (Lipinski definition) is 0. The van der Waals surface area contributed by atoms with Gasteiger partial charge in [-0.15, -0.1) is 0 Å². The fraction of sp³-hybridized carbons (Fsp3) is 0.389. The molecule has 0 unspecified atom stereocenters. The Labute approximate surface area is 149 Å². The number of fused-ring (bicyclic) bond motifs is 1. The van der Waals surface area contributed by atoms with E-state index < -0.39 is 5.76 Å². The molecule has 0 radical (unpaired) electrons. The zero-order valence-electron chi connectivity index (χ0n) is 14.8. The van der Waals surface area contributed by atoms with Crippen LogP contribution in [0.1, 0.15) is 21.8 Å². The van der Waals surface area contributed by atoms with Crippen LogP contribution in [0.15, 0.2) is 38.0 Å². The van der Waals surface area contributed by atoms with Gasteiger partial charge in [-0.25, -0.2) is 4.79 Å². The maximum Gasteiger partial charge on any atom is 0.419 e. The number of piperazine rings is 1. The minimum Gasteiger partial charge on any atom is -0.407 e. The van der Waals surface area contributed by atoms with E-state index in [2.05, 4.69) is 10.1 Å². The van der Waals surface area contributed by atoms with Gasteiger partial charge in [-0.05, 0) is 19.1 Å². The van der Waals surface area contributed by atoms with E-state index in [1.807, 2.05) is 13.0 Å². The van der Waals surface area contributed by atoms with Gasteiger partial charge in [0.05, 0.1) is 23.3 Å². The fourth-order valence-electron chi connectivity index (χ4n) is 3.31. The molecule has 1 aromatic carbocycles. The van der Waals surface area contributed by atoms with Crippen LogP contribution in [0.5, 0.6) is 0 Å². The second kappa shape index (κ2) is 6.45. The van der Waals surface area contributed by atoms with Gasteiger partial charge in [-0.3, -0.25) is 14.3 Å². The Morgan fingerprint density at radius 3 is 2.69 bits per heavy atom. The number of rotatable bonds is 3. The molecule has 1 aliphatic rings. The lowest BCUT2D eigenvalue weighted by molar-refractivity contribution is 0.0618. The van der Waals surface area contributed by atoms with Crippen molar-refractivity contribution in [2.75, 3.05) is 26.2 Å². The lowest BCUT2D eigenvalue weighted by atomic mass is 10.1.